The molecule has 0 bridgehead atoms. The summed E-state index contributed by atoms with van der Waals surface area (Å²) < 4.78 is 0. The van der Waals surface area contributed by atoms with Crippen LogP contribution < -0.4 is 10.6 Å². The molecule has 0 amide bonds. The molecule has 0 aliphatic carbocycles. The number of nitrogens with one attached hydrogen (secondary N) is 2. The van der Waals surface area contributed by atoms with E-state index in [2.05, 4.69) is 10.6 Å². The molecule has 0 aromatic heterocycles. The topological polar surface area (TPSA) is 98.7 Å². The lowest BCUT2D eigenvalue weighted by Crippen LogP contribution is -2.14. The van der Waals surface area contributed by atoms with Gasteiger partial charge in [-0.15, -0.1) is 0 Å². The predicted octanol–water partition coefficient (Wildman–Crippen LogP) is 2.88. The summed E-state index contributed by atoms with van der Waals surface area (Å²) in [5.74, 6) is -2.09. The first-order valence-corrected chi connectivity index (χ1v) is 5.84. The number of rotatable bonds is 2. The van der Waals surface area contributed by atoms with Gasteiger partial charge in [-0.1, -0.05) is 12.1 Å². The molecule has 0 saturated carbocycles. The van der Waals surface area contributed by atoms with Gasteiger partial charge in [0.25, 0.3) is 0 Å². The SMILES string of the molecule is O=C(O)c1cccc2c1Nc1cccc(C(=O)O)c1N2. The van der Waals surface area contributed by atoms with E-state index in [4.69, 9.17) is 10.2 Å². The Morgan fingerprint density at radius 1 is 0.750 bits per heavy atom. The fourth-order valence-electron chi connectivity index (χ4n) is 2.21. The lowest BCUT2D eigenvalue weighted by atomic mass is 10.0. The molecule has 20 heavy (non-hydrogen) atoms. The molecule has 2 aromatic rings. The van der Waals surface area contributed by atoms with Gasteiger partial charge in [-0.3, -0.25) is 0 Å². The molecule has 6 heteroatoms. The quantitative estimate of drug-likeness (QED) is 0.571. The third kappa shape index (κ3) is 1.74. The first kappa shape index (κ1) is 12.0. The van der Waals surface area contributed by atoms with Crippen molar-refractivity contribution < 1.29 is 19.8 Å². The Morgan fingerprint density at radius 3 is 1.50 bits per heavy atom. The molecule has 0 spiro atoms. The summed E-state index contributed by atoms with van der Waals surface area (Å²) in [6.45, 7) is 0. The van der Waals surface area contributed by atoms with Crippen molar-refractivity contribution in [2.45, 2.75) is 0 Å². The maximum absolute atomic E-state index is 11.2. The van der Waals surface area contributed by atoms with Crippen LogP contribution in [0.3, 0.4) is 0 Å². The summed E-state index contributed by atoms with van der Waals surface area (Å²) in [7, 11) is 0. The summed E-state index contributed by atoms with van der Waals surface area (Å²) in [6, 6.07) is 9.56. The summed E-state index contributed by atoms with van der Waals surface area (Å²) in [5.41, 5.74) is 2.17. The van der Waals surface area contributed by atoms with Crippen molar-refractivity contribution in [2.75, 3.05) is 10.6 Å². The second-order valence-corrected chi connectivity index (χ2v) is 4.32. The van der Waals surface area contributed by atoms with Crippen LogP contribution in [0.15, 0.2) is 36.4 Å². The molecule has 0 saturated heterocycles. The summed E-state index contributed by atoms with van der Waals surface area (Å²) in [5, 5.41) is 24.3. The number of carboxylic acids is 2. The van der Waals surface area contributed by atoms with Crippen LogP contribution in [0.25, 0.3) is 0 Å². The van der Waals surface area contributed by atoms with E-state index < -0.39 is 11.9 Å². The van der Waals surface area contributed by atoms with Crippen molar-refractivity contribution in [1.29, 1.82) is 0 Å². The smallest absolute Gasteiger partial charge is 0.337 e. The van der Waals surface area contributed by atoms with Crippen LogP contribution in [0.1, 0.15) is 20.7 Å². The van der Waals surface area contributed by atoms with E-state index in [0.29, 0.717) is 22.7 Å². The molecule has 3 rings (SSSR count). The van der Waals surface area contributed by atoms with Crippen LogP contribution in [-0.4, -0.2) is 22.2 Å². The van der Waals surface area contributed by atoms with Crippen molar-refractivity contribution in [2.24, 2.45) is 0 Å². The number of anilines is 4. The molecule has 100 valence electrons. The minimum atomic E-state index is -1.05. The van der Waals surface area contributed by atoms with Crippen LogP contribution >= 0.6 is 0 Å². The van der Waals surface area contributed by atoms with Gasteiger partial charge < -0.3 is 20.8 Å². The number of fused-ring (bicyclic) bond motifs is 2. The van der Waals surface area contributed by atoms with Crippen molar-refractivity contribution in [3.05, 3.63) is 47.5 Å². The monoisotopic (exact) mass is 270 g/mol. The minimum absolute atomic E-state index is 0.126. The van der Waals surface area contributed by atoms with Gasteiger partial charge in [-0.05, 0) is 24.3 Å². The average molecular weight is 270 g/mol. The molecule has 1 heterocycles. The molecule has 1 aliphatic rings. The van der Waals surface area contributed by atoms with Crippen molar-refractivity contribution in [3.63, 3.8) is 0 Å². The third-order valence-electron chi connectivity index (χ3n) is 3.11. The normalized spacial score (nSPS) is 11.6. The number of hydrogen-bond donors (Lipinski definition) is 4. The lowest BCUT2D eigenvalue weighted by molar-refractivity contribution is 0.0686. The molecule has 1 aliphatic heterocycles. The van der Waals surface area contributed by atoms with E-state index in [1.165, 1.54) is 12.1 Å². The highest BCUT2D eigenvalue weighted by molar-refractivity contribution is 6.07. The van der Waals surface area contributed by atoms with Crippen molar-refractivity contribution in [1.82, 2.24) is 0 Å². The molecular weight excluding hydrogens is 260 g/mol. The van der Waals surface area contributed by atoms with Gasteiger partial charge in [0.15, 0.2) is 0 Å². The zero-order chi connectivity index (χ0) is 14.3. The van der Waals surface area contributed by atoms with Crippen LogP contribution in [0.5, 0.6) is 0 Å². The highest BCUT2D eigenvalue weighted by atomic mass is 16.4. The van der Waals surface area contributed by atoms with E-state index in [9.17, 15) is 9.59 Å². The summed E-state index contributed by atoms with van der Waals surface area (Å²) in [4.78, 5) is 22.4. The minimum Gasteiger partial charge on any atom is -0.478 e. The van der Waals surface area contributed by atoms with Gasteiger partial charge in [0.1, 0.15) is 0 Å². The molecule has 2 aromatic carbocycles. The average Bonchev–Trinajstić information content (AvgIpc) is 2.43. The molecular formula is C14H10N2O4. The van der Waals surface area contributed by atoms with Gasteiger partial charge in [-0.2, -0.15) is 0 Å². The van der Waals surface area contributed by atoms with Gasteiger partial charge in [-0.25, -0.2) is 9.59 Å². The maximum atomic E-state index is 11.2. The van der Waals surface area contributed by atoms with Crippen molar-refractivity contribution >= 4 is 34.7 Å². The van der Waals surface area contributed by atoms with Gasteiger partial charge in [0, 0.05) is 0 Å². The number of carbonyl (C=O) groups is 2. The maximum Gasteiger partial charge on any atom is 0.337 e. The van der Waals surface area contributed by atoms with Crippen LogP contribution in [-0.2, 0) is 0 Å². The molecule has 0 atom stereocenters. The number of hydrogen-bond acceptors (Lipinski definition) is 4. The molecule has 4 N–H and O–H groups in total. The van der Waals surface area contributed by atoms with Crippen molar-refractivity contribution in [3.8, 4) is 0 Å². The molecule has 0 radical (unpaired) electrons. The summed E-state index contributed by atoms with van der Waals surface area (Å²) >= 11 is 0. The Morgan fingerprint density at radius 2 is 1.15 bits per heavy atom. The lowest BCUT2D eigenvalue weighted by Gasteiger charge is -2.25. The zero-order valence-electron chi connectivity index (χ0n) is 10.2. The Balaban J connectivity index is 2.16. The number of aromatic carboxylic acids is 2. The standard InChI is InChI=1S/C14H10N2O4/c17-13(18)7-3-1-5-9-11(7)16-10-6-2-4-8(14(19)20)12(10)15-9/h1-6,15-16H,(H,17,18)(H,19,20). The Labute approximate surface area is 113 Å². The van der Waals surface area contributed by atoms with Crippen LogP contribution in [0.4, 0.5) is 22.7 Å². The van der Waals surface area contributed by atoms with E-state index in [1.54, 1.807) is 24.3 Å². The first-order chi connectivity index (χ1) is 9.58. The molecule has 6 nitrogen and oxygen atoms in total. The predicted molar refractivity (Wildman–Crippen MR) is 73.4 cm³/mol. The highest BCUT2D eigenvalue weighted by Gasteiger charge is 2.23. The first-order valence-electron chi connectivity index (χ1n) is 5.84. The molecule has 0 fully saturated rings. The fourth-order valence-corrected chi connectivity index (χ4v) is 2.21. The van der Waals surface area contributed by atoms with E-state index >= 15 is 0 Å². The second kappa shape index (κ2) is 4.27. The van der Waals surface area contributed by atoms with Crippen LogP contribution in [0, 0.1) is 0 Å². The van der Waals surface area contributed by atoms with E-state index in [-0.39, 0.29) is 11.1 Å². The Kier molecular flexibility index (Phi) is 2.57. The van der Waals surface area contributed by atoms with Crippen LogP contribution in [0.2, 0.25) is 0 Å². The third-order valence-corrected chi connectivity index (χ3v) is 3.11. The summed E-state index contributed by atoms with van der Waals surface area (Å²) in [6.07, 6.45) is 0. The zero-order valence-corrected chi connectivity index (χ0v) is 10.2. The van der Waals surface area contributed by atoms with Gasteiger partial charge in [0.2, 0.25) is 0 Å². The van der Waals surface area contributed by atoms with Gasteiger partial charge >= 0.3 is 11.9 Å². The van der Waals surface area contributed by atoms with E-state index in [1.807, 2.05) is 0 Å². The van der Waals surface area contributed by atoms with Gasteiger partial charge in [0.05, 0.1) is 33.9 Å². The second-order valence-electron chi connectivity index (χ2n) is 4.32. The number of carboxylic acid groups (broad SMARTS) is 2. The number of benzene rings is 2. The largest absolute Gasteiger partial charge is 0.478 e. The highest BCUT2D eigenvalue weighted by Crippen LogP contribution is 2.41. The Hall–Kier alpha value is -3.02. The Bertz CT molecular complexity index is 676. The fraction of sp³-hybridized carbons (Fsp3) is 0. The van der Waals surface area contributed by atoms with E-state index in [0.717, 1.165) is 0 Å². The molecule has 0 unspecified atom stereocenters. The number of para-hydroxylation sites is 2.